The van der Waals surface area contributed by atoms with Crippen LogP contribution in [0.2, 0.25) is 0 Å². The predicted molar refractivity (Wildman–Crippen MR) is 94.2 cm³/mol. The molecule has 0 saturated carbocycles. The molecular formula is C17H20BrN3. The summed E-state index contributed by atoms with van der Waals surface area (Å²) in [6.45, 7) is 4.25. The van der Waals surface area contributed by atoms with Crippen LogP contribution in [0.3, 0.4) is 0 Å². The van der Waals surface area contributed by atoms with E-state index in [1.807, 2.05) is 24.3 Å². The number of halogens is 1. The van der Waals surface area contributed by atoms with Gasteiger partial charge in [0, 0.05) is 10.2 Å². The summed E-state index contributed by atoms with van der Waals surface area (Å²) in [7, 11) is 0. The molecule has 0 amide bonds. The summed E-state index contributed by atoms with van der Waals surface area (Å²) in [5.41, 5.74) is 10.3. The first-order valence-corrected chi connectivity index (χ1v) is 7.90. The molecule has 0 saturated heterocycles. The Labute approximate surface area is 134 Å². The molecule has 3 N–H and O–H groups in total. The van der Waals surface area contributed by atoms with Crippen molar-refractivity contribution in [3.63, 3.8) is 0 Å². The maximum absolute atomic E-state index is 6.01. The number of anilines is 1. The number of rotatable bonds is 4. The Balaban J connectivity index is 2.20. The standard InChI is InChI=1S/C17H20BrN3/c1-3-12-6-5-7-14(10-12)20-17(19)21-16-11-13(4-2)8-9-15(16)18/h5-11H,3-4H2,1-2H3,(H3,19,20,21). The molecule has 0 unspecified atom stereocenters. The normalized spacial score (nSPS) is 11.5. The number of nitrogens with zero attached hydrogens (tertiary/aromatic N) is 1. The minimum atomic E-state index is 0.386. The average molecular weight is 346 g/mol. The molecule has 110 valence electrons. The molecule has 21 heavy (non-hydrogen) atoms. The number of nitrogens with one attached hydrogen (secondary N) is 1. The average Bonchev–Trinajstić information content (AvgIpc) is 2.49. The Morgan fingerprint density at radius 1 is 1.10 bits per heavy atom. The number of nitrogens with two attached hydrogens (primary N) is 1. The summed E-state index contributed by atoms with van der Waals surface area (Å²) >= 11 is 3.51. The zero-order valence-corrected chi connectivity index (χ0v) is 13.9. The number of aryl methyl sites for hydroxylation is 2. The fourth-order valence-corrected chi connectivity index (χ4v) is 2.37. The van der Waals surface area contributed by atoms with Crippen molar-refractivity contribution in [1.29, 1.82) is 0 Å². The lowest BCUT2D eigenvalue weighted by atomic mass is 10.1. The van der Waals surface area contributed by atoms with Crippen LogP contribution in [0.15, 0.2) is 51.9 Å². The van der Waals surface area contributed by atoms with Gasteiger partial charge in [0.2, 0.25) is 0 Å². The monoisotopic (exact) mass is 345 g/mol. The van der Waals surface area contributed by atoms with Crippen molar-refractivity contribution >= 4 is 33.3 Å². The van der Waals surface area contributed by atoms with Gasteiger partial charge in [0.1, 0.15) is 0 Å². The van der Waals surface area contributed by atoms with Crippen LogP contribution < -0.4 is 11.1 Å². The number of aliphatic imine (C=N–C) groups is 1. The van der Waals surface area contributed by atoms with E-state index < -0.39 is 0 Å². The second-order valence-corrected chi connectivity index (χ2v) is 5.67. The molecule has 3 nitrogen and oxygen atoms in total. The second kappa shape index (κ2) is 7.27. The number of hydrogen-bond donors (Lipinski definition) is 2. The highest BCUT2D eigenvalue weighted by Crippen LogP contribution is 2.26. The maximum atomic E-state index is 6.01. The summed E-state index contributed by atoms with van der Waals surface area (Å²) in [5, 5.41) is 3.14. The first-order chi connectivity index (χ1) is 10.1. The van der Waals surface area contributed by atoms with Gasteiger partial charge < -0.3 is 11.1 Å². The first kappa shape index (κ1) is 15.6. The van der Waals surface area contributed by atoms with Crippen LogP contribution in [0.1, 0.15) is 25.0 Å². The molecule has 2 rings (SSSR count). The van der Waals surface area contributed by atoms with E-state index in [-0.39, 0.29) is 0 Å². The van der Waals surface area contributed by atoms with E-state index in [4.69, 9.17) is 5.73 Å². The summed E-state index contributed by atoms with van der Waals surface area (Å²) < 4.78 is 0.937. The van der Waals surface area contributed by atoms with Crippen LogP contribution >= 0.6 is 15.9 Å². The molecule has 2 aromatic rings. The molecule has 0 bridgehead atoms. The van der Waals surface area contributed by atoms with Gasteiger partial charge in [-0.2, -0.15) is 0 Å². The molecule has 0 aliphatic rings. The highest BCUT2D eigenvalue weighted by Gasteiger charge is 2.02. The zero-order valence-electron chi connectivity index (χ0n) is 12.4. The Morgan fingerprint density at radius 3 is 2.52 bits per heavy atom. The highest BCUT2D eigenvalue weighted by molar-refractivity contribution is 9.10. The van der Waals surface area contributed by atoms with Gasteiger partial charge >= 0.3 is 0 Å². The zero-order chi connectivity index (χ0) is 15.2. The van der Waals surface area contributed by atoms with Crippen molar-refractivity contribution in [3.8, 4) is 0 Å². The molecule has 0 fully saturated rings. The molecule has 0 heterocycles. The number of benzene rings is 2. The van der Waals surface area contributed by atoms with E-state index in [1.54, 1.807) is 0 Å². The van der Waals surface area contributed by atoms with Crippen LogP contribution in [0.4, 0.5) is 11.4 Å². The summed E-state index contributed by atoms with van der Waals surface area (Å²) in [4.78, 5) is 4.45. The molecule has 0 aliphatic heterocycles. The van der Waals surface area contributed by atoms with Gasteiger partial charge in [-0.15, -0.1) is 0 Å². The smallest absolute Gasteiger partial charge is 0.198 e. The molecule has 0 aliphatic carbocycles. The first-order valence-electron chi connectivity index (χ1n) is 7.11. The third-order valence-corrected chi connectivity index (χ3v) is 3.94. The molecule has 0 radical (unpaired) electrons. The molecule has 0 aromatic heterocycles. The lowest BCUT2D eigenvalue weighted by molar-refractivity contribution is 1.14. The van der Waals surface area contributed by atoms with Crippen LogP contribution in [-0.4, -0.2) is 5.96 Å². The van der Waals surface area contributed by atoms with E-state index in [0.717, 1.165) is 28.7 Å². The maximum Gasteiger partial charge on any atom is 0.198 e. The lowest BCUT2D eigenvalue weighted by Gasteiger charge is -2.08. The SMILES string of the molecule is CCc1cccc(NC(N)=Nc2cc(CC)ccc2Br)c1. The number of hydrogen-bond acceptors (Lipinski definition) is 1. The second-order valence-electron chi connectivity index (χ2n) is 4.82. The molecule has 4 heteroatoms. The van der Waals surface area contributed by atoms with Crippen LogP contribution in [-0.2, 0) is 12.8 Å². The topological polar surface area (TPSA) is 50.4 Å². The largest absolute Gasteiger partial charge is 0.369 e. The van der Waals surface area contributed by atoms with Crippen molar-refractivity contribution in [2.75, 3.05) is 5.32 Å². The third-order valence-electron chi connectivity index (χ3n) is 3.27. The van der Waals surface area contributed by atoms with Crippen LogP contribution in [0.5, 0.6) is 0 Å². The van der Waals surface area contributed by atoms with Gasteiger partial charge in [-0.25, -0.2) is 4.99 Å². The van der Waals surface area contributed by atoms with Gasteiger partial charge in [0.05, 0.1) is 5.69 Å². The van der Waals surface area contributed by atoms with Crippen LogP contribution in [0, 0.1) is 0 Å². The minimum absolute atomic E-state index is 0.386. The van der Waals surface area contributed by atoms with Crippen molar-refractivity contribution < 1.29 is 0 Å². The van der Waals surface area contributed by atoms with Crippen LogP contribution in [0.25, 0.3) is 0 Å². The van der Waals surface area contributed by atoms with E-state index in [1.165, 1.54) is 11.1 Å². The molecule has 2 aromatic carbocycles. The van der Waals surface area contributed by atoms with Gasteiger partial charge in [0.25, 0.3) is 0 Å². The fraction of sp³-hybridized carbons (Fsp3) is 0.235. The Bertz CT molecular complexity index is 650. The molecular weight excluding hydrogens is 326 g/mol. The van der Waals surface area contributed by atoms with Crippen molar-refractivity contribution in [3.05, 3.63) is 58.1 Å². The van der Waals surface area contributed by atoms with Gasteiger partial charge in [-0.3, -0.25) is 0 Å². The minimum Gasteiger partial charge on any atom is -0.369 e. The summed E-state index contributed by atoms with van der Waals surface area (Å²) in [6.07, 6.45) is 1.97. The van der Waals surface area contributed by atoms with Gasteiger partial charge in [-0.05, 0) is 64.2 Å². The third kappa shape index (κ3) is 4.33. The quantitative estimate of drug-likeness (QED) is 0.626. The van der Waals surface area contributed by atoms with Gasteiger partial charge in [0.15, 0.2) is 5.96 Å². The highest BCUT2D eigenvalue weighted by atomic mass is 79.9. The van der Waals surface area contributed by atoms with E-state index in [2.05, 4.69) is 58.3 Å². The Hall–Kier alpha value is -1.81. The molecule has 0 spiro atoms. The predicted octanol–water partition coefficient (Wildman–Crippen LogP) is 4.63. The van der Waals surface area contributed by atoms with Crippen molar-refractivity contribution in [2.24, 2.45) is 10.7 Å². The van der Waals surface area contributed by atoms with E-state index in [0.29, 0.717) is 5.96 Å². The lowest BCUT2D eigenvalue weighted by Crippen LogP contribution is -2.22. The van der Waals surface area contributed by atoms with Crippen molar-refractivity contribution in [1.82, 2.24) is 0 Å². The number of guanidine groups is 1. The molecule has 0 atom stereocenters. The Kier molecular flexibility index (Phi) is 5.39. The van der Waals surface area contributed by atoms with E-state index >= 15 is 0 Å². The Morgan fingerprint density at radius 2 is 1.81 bits per heavy atom. The van der Waals surface area contributed by atoms with Gasteiger partial charge in [-0.1, -0.05) is 32.0 Å². The summed E-state index contributed by atoms with van der Waals surface area (Å²) in [6, 6.07) is 14.3. The van der Waals surface area contributed by atoms with Crippen molar-refractivity contribution in [2.45, 2.75) is 26.7 Å². The fourth-order valence-electron chi connectivity index (χ4n) is 2.04. The summed E-state index contributed by atoms with van der Waals surface area (Å²) in [5.74, 6) is 0.386. The van der Waals surface area contributed by atoms with E-state index in [9.17, 15) is 0 Å².